The van der Waals surface area contributed by atoms with Gasteiger partial charge in [0.05, 0.1) is 12.2 Å². The van der Waals surface area contributed by atoms with Crippen molar-refractivity contribution in [3.8, 4) is 0 Å². The van der Waals surface area contributed by atoms with E-state index in [2.05, 4.69) is 15.9 Å². The van der Waals surface area contributed by atoms with Gasteiger partial charge in [-0.2, -0.15) is 0 Å². The minimum absolute atomic E-state index is 0.281. The number of aromatic nitrogens is 1. The molecule has 0 aliphatic rings. The molecule has 1 aromatic rings. The Bertz CT molecular complexity index is 459. The Kier molecular flexibility index (Phi) is 4.56. The molecule has 0 saturated heterocycles. The highest BCUT2D eigenvalue weighted by Crippen LogP contribution is 2.21. The lowest BCUT2D eigenvalue weighted by atomic mass is 10.2. The molecule has 1 aromatic heterocycles. The number of carbonyl (C=O) groups is 2. The highest BCUT2D eigenvalue weighted by molar-refractivity contribution is 9.10. The lowest BCUT2D eigenvalue weighted by Gasteiger charge is -2.19. The van der Waals surface area contributed by atoms with E-state index in [1.807, 2.05) is 0 Å². The molecular formula is C12H16BrNO4. The summed E-state index contributed by atoms with van der Waals surface area (Å²) in [6.45, 7) is 7.32. The van der Waals surface area contributed by atoms with Gasteiger partial charge in [0.1, 0.15) is 10.2 Å². The zero-order valence-electron chi connectivity index (χ0n) is 10.8. The van der Waals surface area contributed by atoms with Crippen molar-refractivity contribution in [3.05, 3.63) is 22.4 Å². The van der Waals surface area contributed by atoms with Gasteiger partial charge < -0.3 is 9.47 Å². The molecule has 1 heterocycles. The van der Waals surface area contributed by atoms with Gasteiger partial charge in [-0.05, 0) is 49.7 Å². The van der Waals surface area contributed by atoms with Crippen molar-refractivity contribution in [3.63, 3.8) is 0 Å². The van der Waals surface area contributed by atoms with E-state index in [0.29, 0.717) is 10.2 Å². The van der Waals surface area contributed by atoms with E-state index < -0.39 is 17.7 Å². The highest BCUT2D eigenvalue weighted by Gasteiger charge is 2.22. The Hall–Kier alpha value is -1.30. The van der Waals surface area contributed by atoms with Crippen LogP contribution < -0.4 is 0 Å². The molecule has 0 N–H and O–H groups in total. The summed E-state index contributed by atoms with van der Waals surface area (Å²) in [5.41, 5.74) is -0.298. The number of carbonyl (C=O) groups excluding carboxylic acids is 2. The lowest BCUT2D eigenvalue weighted by molar-refractivity contribution is 0.0523. The maximum atomic E-state index is 11.8. The second-order valence-electron chi connectivity index (χ2n) is 4.59. The molecular weight excluding hydrogens is 302 g/mol. The van der Waals surface area contributed by atoms with E-state index in [9.17, 15) is 9.59 Å². The molecule has 0 saturated carbocycles. The van der Waals surface area contributed by atoms with Crippen LogP contribution in [0.4, 0.5) is 4.79 Å². The summed E-state index contributed by atoms with van der Waals surface area (Å²) in [5, 5.41) is 0. The molecule has 1 rings (SSSR count). The maximum absolute atomic E-state index is 11.8. The number of rotatable bonds is 2. The molecule has 0 bridgehead atoms. The molecule has 5 nitrogen and oxygen atoms in total. The summed E-state index contributed by atoms with van der Waals surface area (Å²) >= 11 is 3.19. The molecule has 18 heavy (non-hydrogen) atoms. The smallest absolute Gasteiger partial charge is 0.419 e. The van der Waals surface area contributed by atoms with Crippen LogP contribution in [-0.4, -0.2) is 28.8 Å². The normalized spacial score (nSPS) is 11.2. The largest absolute Gasteiger partial charge is 0.462 e. The van der Waals surface area contributed by atoms with Crippen LogP contribution in [0.3, 0.4) is 0 Å². The zero-order valence-corrected chi connectivity index (χ0v) is 12.4. The summed E-state index contributed by atoms with van der Waals surface area (Å²) in [5.74, 6) is -0.480. The second kappa shape index (κ2) is 5.56. The lowest BCUT2D eigenvalue weighted by Crippen LogP contribution is -2.27. The van der Waals surface area contributed by atoms with Gasteiger partial charge in [-0.3, -0.25) is 0 Å². The van der Waals surface area contributed by atoms with Crippen molar-refractivity contribution in [1.82, 2.24) is 4.57 Å². The molecule has 6 heteroatoms. The minimum atomic E-state index is -0.592. The summed E-state index contributed by atoms with van der Waals surface area (Å²) in [6.07, 6.45) is 0.912. The molecule has 100 valence electrons. The summed E-state index contributed by atoms with van der Waals surface area (Å²) in [7, 11) is 0. The fourth-order valence-electron chi connectivity index (χ4n) is 1.23. The molecule has 0 aliphatic carbocycles. The molecule has 0 spiro atoms. The predicted molar refractivity (Wildman–Crippen MR) is 69.7 cm³/mol. The van der Waals surface area contributed by atoms with Crippen molar-refractivity contribution in [2.24, 2.45) is 0 Å². The topological polar surface area (TPSA) is 57.5 Å². The van der Waals surface area contributed by atoms with Crippen molar-refractivity contribution < 1.29 is 19.1 Å². The van der Waals surface area contributed by atoms with E-state index in [4.69, 9.17) is 9.47 Å². The molecule has 0 fully saturated rings. The van der Waals surface area contributed by atoms with E-state index in [0.717, 1.165) is 0 Å². The summed E-state index contributed by atoms with van der Waals surface area (Å²) < 4.78 is 11.6. The van der Waals surface area contributed by atoms with Crippen LogP contribution in [0.5, 0.6) is 0 Å². The first-order valence-corrected chi connectivity index (χ1v) is 6.33. The molecule has 0 aromatic carbocycles. The Balaban J connectivity index is 2.93. The van der Waals surface area contributed by atoms with Crippen LogP contribution in [0.1, 0.15) is 38.1 Å². The number of esters is 1. The van der Waals surface area contributed by atoms with Gasteiger partial charge in [-0.15, -0.1) is 0 Å². The van der Waals surface area contributed by atoms with E-state index in [-0.39, 0.29) is 6.61 Å². The van der Waals surface area contributed by atoms with Crippen molar-refractivity contribution >= 4 is 28.0 Å². The first-order valence-electron chi connectivity index (χ1n) is 5.53. The average Bonchev–Trinajstić information content (AvgIpc) is 2.57. The molecule has 0 radical (unpaired) electrons. The molecule has 0 unspecified atom stereocenters. The maximum Gasteiger partial charge on any atom is 0.419 e. The van der Waals surface area contributed by atoms with Gasteiger partial charge in [-0.1, -0.05) is 0 Å². The summed E-state index contributed by atoms with van der Waals surface area (Å²) in [4.78, 5) is 23.4. The van der Waals surface area contributed by atoms with Crippen molar-refractivity contribution in [2.75, 3.05) is 6.61 Å². The second-order valence-corrected chi connectivity index (χ2v) is 5.34. The number of hydrogen-bond donors (Lipinski definition) is 0. The van der Waals surface area contributed by atoms with Crippen LogP contribution in [0.25, 0.3) is 0 Å². The summed E-state index contributed by atoms with van der Waals surface area (Å²) in [6, 6.07) is 1.51. The van der Waals surface area contributed by atoms with Gasteiger partial charge in [-0.25, -0.2) is 14.2 Å². The Labute approximate surface area is 114 Å². The fourth-order valence-corrected chi connectivity index (χ4v) is 1.78. The third-order valence-corrected chi connectivity index (χ3v) is 2.72. The first kappa shape index (κ1) is 14.8. The van der Waals surface area contributed by atoms with Gasteiger partial charge >= 0.3 is 12.1 Å². The zero-order chi connectivity index (χ0) is 13.9. The minimum Gasteiger partial charge on any atom is -0.462 e. The van der Waals surface area contributed by atoms with Crippen LogP contribution in [0, 0.1) is 0 Å². The highest BCUT2D eigenvalue weighted by atomic mass is 79.9. The van der Waals surface area contributed by atoms with Crippen LogP contribution >= 0.6 is 15.9 Å². The van der Waals surface area contributed by atoms with E-state index >= 15 is 0 Å². The standard InChI is InChI=1S/C12H16BrNO4/c1-5-17-10(15)8-6-7-14(9(8)13)11(16)18-12(2,3)4/h6-7H,5H2,1-4H3. The molecule has 0 aliphatic heterocycles. The number of ether oxygens (including phenoxy) is 2. The third-order valence-electron chi connectivity index (χ3n) is 1.91. The van der Waals surface area contributed by atoms with Gasteiger partial charge in [0.2, 0.25) is 0 Å². The van der Waals surface area contributed by atoms with Crippen LogP contribution in [0.15, 0.2) is 16.9 Å². The Morgan fingerprint density at radius 2 is 2.00 bits per heavy atom. The van der Waals surface area contributed by atoms with Gasteiger partial charge in [0, 0.05) is 6.20 Å². The number of hydrogen-bond acceptors (Lipinski definition) is 4. The van der Waals surface area contributed by atoms with Gasteiger partial charge in [0.15, 0.2) is 0 Å². The average molecular weight is 318 g/mol. The van der Waals surface area contributed by atoms with Crippen LogP contribution in [-0.2, 0) is 9.47 Å². The first-order chi connectivity index (χ1) is 8.26. The Morgan fingerprint density at radius 1 is 1.39 bits per heavy atom. The molecule has 0 atom stereocenters. The monoisotopic (exact) mass is 317 g/mol. The fraction of sp³-hybridized carbons (Fsp3) is 0.500. The van der Waals surface area contributed by atoms with E-state index in [1.54, 1.807) is 27.7 Å². The number of halogens is 1. The molecule has 0 amide bonds. The van der Waals surface area contributed by atoms with Gasteiger partial charge in [0.25, 0.3) is 0 Å². The quantitative estimate of drug-likeness (QED) is 0.786. The predicted octanol–water partition coefficient (Wildman–Crippen LogP) is 3.21. The number of nitrogens with zero attached hydrogens (tertiary/aromatic N) is 1. The van der Waals surface area contributed by atoms with Crippen LogP contribution in [0.2, 0.25) is 0 Å². The Morgan fingerprint density at radius 3 is 2.50 bits per heavy atom. The van der Waals surface area contributed by atoms with Crippen molar-refractivity contribution in [1.29, 1.82) is 0 Å². The van der Waals surface area contributed by atoms with E-state index in [1.165, 1.54) is 16.8 Å². The third kappa shape index (κ3) is 3.60. The van der Waals surface area contributed by atoms with Crippen molar-refractivity contribution in [2.45, 2.75) is 33.3 Å². The SMILES string of the molecule is CCOC(=O)c1ccn(C(=O)OC(C)(C)C)c1Br.